The zero-order valence-electron chi connectivity index (χ0n) is 10.0. The van der Waals surface area contributed by atoms with Crippen LogP contribution in [0, 0.1) is 0 Å². The Morgan fingerprint density at radius 1 is 0.625 bits per heavy atom. The third kappa shape index (κ3) is 1.83. The van der Waals surface area contributed by atoms with Crippen LogP contribution in [0.15, 0.2) is 35.3 Å². The fourth-order valence-electron chi connectivity index (χ4n) is 3.12. The van der Waals surface area contributed by atoms with Gasteiger partial charge in [-0.2, -0.15) is 0 Å². The van der Waals surface area contributed by atoms with Crippen LogP contribution in [0.3, 0.4) is 0 Å². The van der Waals surface area contributed by atoms with E-state index < -0.39 is 0 Å². The molecular formula is C15H21N. The van der Waals surface area contributed by atoms with Gasteiger partial charge in [-0.1, -0.05) is 18.2 Å². The maximum atomic E-state index is 2.60. The smallest absolute Gasteiger partial charge is 0.0186 e. The van der Waals surface area contributed by atoms with Gasteiger partial charge in [-0.15, -0.1) is 0 Å². The van der Waals surface area contributed by atoms with Crippen molar-refractivity contribution in [2.45, 2.75) is 57.8 Å². The third-order valence-electron chi connectivity index (χ3n) is 3.91. The molecule has 1 heteroatoms. The molecule has 0 aromatic heterocycles. The fourth-order valence-corrected chi connectivity index (χ4v) is 3.12. The van der Waals surface area contributed by atoms with Crippen molar-refractivity contribution in [2.75, 3.05) is 0 Å². The Hall–Kier alpha value is -0.980. The van der Waals surface area contributed by atoms with Gasteiger partial charge >= 0.3 is 0 Å². The number of nitrogens with zero attached hydrogens (tertiary/aromatic N) is 1. The Kier molecular flexibility index (Phi) is 2.86. The number of hydrogen-bond donors (Lipinski definition) is 0. The molecule has 0 unspecified atom stereocenters. The Morgan fingerprint density at radius 3 is 1.25 bits per heavy atom. The van der Waals surface area contributed by atoms with Crippen molar-refractivity contribution in [2.24, 2.45) is 0 Å². The van der Waals surface area contributed by atoms with Crippen LogP contribution < -0.4 is 0 Å². The van der Waals surface area contributed by atoms with Crippen LogP contribution in [0.1, 0.15) is 57.8 Å². The third-order valence-corrected chi connectivity index (χ3v) is 3.91. The van der Waals surface area contributed by atoms with Crippen LogP contribution in [-0.4, -0.2) is 4.90 Å². The highest BCUT2D eigenvalue weighted by Gasteiger charge is 2.23. The molecule has 0 aromatic carbocycles. The predicted molar refractivity (Wildman–Crippen MR) is 67.6 cm³/mol. The second-order valence-electron chi connectivity index (χ2n) is 5.10. The van der Waals surface area contributed by atoms with E-state index in [2.05, 4.69) is 23.1 Å². The normalized spacial score (nSPS) is 24.4. The van der Waals surface area contributed by atoms with Gasteiger partial charge in [-0.25, -0.2) is 0 Å². The summed E-state index contributed by atoms with van der Waals surface area (Å²) in [6, 6.07) is 0. The average Bonchev–Trinajstić information content (AvgIpc) is 3.02. The first kappa shape index (κ1) is 10.2. The standard InChI is InChI=1S/C15H21N/c1-2-8-13(7-1)16(14-9-3-4-10-14)15-11-5-6-12-15/h7,9,11H,1-6,8,10,12H2. The zero-order chi connectivity index (χ0) is 10.8. The van der Waals surface area contributed by atoms with Crippen molar-refractivity contribution in [1.82, 2.24) is 4.90 Å². The summed E-state index contributed by atoms with van der Waals surface area (Å²) in [4.78, 5) is 2.60. The van der Waals surface area contributed by atoms with Crippen molar-refractivity contribution >= 4 is 0 Å². The van der Waals surface area contributed by atoms with Gasteiger partial charge in [0.1, 0.15) is 0 Å². The van der Waals surface area contributed by atoms with E-state index in [1.807, 2.05) is 0 Å². The first-order valence-electron chi connectivity index (χ1n) is 6.82. The molecule has 0 saturated carbocycles. The van der Waals surface area contributed by atoms with E-state index in [1.54, 1.807) is 17.1 Å². The van der Waals surface area contributed by atoms with Crippen LogP contribution >= 0.6 is 0 Å². The quantitative estimate of drug-likeness (QED) is 0.670. The molecule has 0 fully saturated rings. The second kappa shape index (κ2) is 4.48. The molecule has 0 atom stereocenters. The van der Waals surface area contributed by atoms with Gasteiger partial charge in [-0.05, 0) is 57.8 Å². The summed E-state index contributed by atoms with van der Waals surface area (Å²) in [7, 11) is 0. The van der Waals surface area contributed by atoms with E-state index >= 15 is 0 Å². The highest BCUT2D eigenvalue weighted by molar-refractivity contribution is 5.27. The van der Waals surface area contributed by atoms with Gasteiger partial charge in [0.05, 0.1) is 0 Å². The SMILES string of the molecule is C1=C(N(C2=CCCC2)C2=CCCC2)CCC1. The molecule has 0 N–H and O–H groups in total. The van der Waals surface area contributed by atoms with Crippen LogP contribution in [0.2, 0.25) is 0 Å². The van der Waals surface area contributed by atoms with E-state index in [0.717, 1.165) is 0 Å². The molecule has 16 heavy (non-hydrogen) atoms. The monoisotopic (exact) mass is 215 g/mol. The number of hydrogen-bond acceptors (Lipinski definition) is 1. The highest BCUT2D eigenvalue weighted by atomic mass is 15.2. The Morgan fingerprint density at radius 2 is 1.00 bits per heavy atom. The van der Waals surface area contributed by atoms with Crippen LogP contribution in [0.5, 0.6) is 0 Å². The molecule has 0 saturated heterocycles. The Balaban J connectivity index is 1.87. The van der Waals surface area contributed by atoms with Crippen LogP contribution in [0.25, 0.3) is 0 Å². The molecule has 0 radical (unpaired) electrons. The minimum Gasteiger partial charge on any atom is -0.323 e. The molecule has 0 bridgehead atoms. The average molecular weight is 215 g/mol. The van der Waals surface area contributed by atoms with Crippen molar-refractivity contribution in [1.29, 1.82) is 0 Å². The lowest BCUT2D eigenvalue weighted by Crippen LogP contribution is -2.19. The topological polar surface area (TPSA) is 3.24 Å². The summed E-state index contributed by atoms with van der Waals surface area (Å²) in [5.74, 6) is 0. The van der Waals surface area contributed by atoms with E-state index in [1.165, 1.54) is 57.8 Å². The van der Waals surface area contributed by atoms with Gasteiger partial charge in [0, 0.05) is 17.1 Å². The molecule has 3 rings (SSSR count). The lowest BCUT2D eigenvalue weighted by molar-refractivity contribution is 0.481. The minimum atomic E-state index is 1.28. The van der Waals surface area contributed by atoms with E-state index in [4.69, 9.17) is 0 Å². The molecule has 0 amide bonds. The van der Waals surface area contributed by atoms with E-state index in [0.29, 0.717) is 0 Å². The maximum absolute atomic E-state index is 2.60. The summed E-state index contributed by atoms with van der Waals surface area (Å²) >= 11 is 0. The largest absolute Gasteiger partial charge is 0.323 e. The molecule has 0 spiro atoms. The van der Waals surface area contributed by atoms with Crippen LogP contribution in [-0.2, 0) is 0 Å². The van der Waals surface area contributed by atoms with Gasteiger partial charge in [0.2, 0.25) is 0 Å². The number of allylic oxidation sites excluding steroid dienone is 6. The van der Waals surface area contributed by atoms with Gasteiger partial charge < -0.3 is 4.90 Å². The molecule has 0 aromatic rings. The second-order valence-corrected chi connectivity index (χ2v) is 5.10. The zero-order valence-corrected chi connectivity index (χ0v) is 10.0. The summed E-state index contributed by atoms with van der Waals surface area (Å²) in [6.45, 7) is 0. The molecule has 0 aliphatic heterocycles. The van der Waals surface area contributed by atoms with E-state index in [-0.39, 0.29) is 0 Å². The highest BCUT2D eigenvalue weighted by Crippen LogP contribution is 2.37. The first-order valence-corrected chi connectivity index (χ1v) is 6.82. The molecule has 86 valence electrons. The summed E-state index contributed by atoms with van der Waals surface area (Å²) < 4.78 is 0. The van der Waals surface area contributed by atoms with Crippen molar-refractivity contribution in [3.63, 3.8) is 0 Å². The molecule has 3 aliphatic rings. The molecular weight excluding hydrogens is 194 g/mol. The Bertz CT molecular complexity index is 303. The Labute approximate surface area is 98.5 Å². The van der Waals surface area contributed by atoms with Gasteiger partial charge in [-0.3, -0.25) is 0 Å². The van der Waals surface area contributed by atoms with E-state index in [9.17, 15) is 0 Å². The number of rotatable bonds is 3. The maximum Gasteiger partial charge on any atom is 0.0186 e. The van der Waals surface area contributed by atoms with Crippen molar-refractivity contribution in [3.8, 4) is 0 Å². The first-order chi connectivity index (χ1) is 7.95. The molecule has 1 nitrogen and oxygen atoms in total. The van der Waals surface area contributed by atoms with Gasteiger partial charge in [0.25, 0.3) is 0 Å². The lowest BCUT2D eigenvalue weighted by Gasteiger charge is -2.28. The van der Waals surface area contributed by atoms with Gasteiger partial charge in [0.15, 0.2) is 0 Å². The lowest BCUT2D eigenvalue weighted by atomic mass is 10.2. The minimum absolute atomic E-state index is 1.28. The van der Waals surface area contributed by atoms with Crippen molar-refractivity contribution < 1.29 is 0 Å². The molecule has 3 aliphatic carbocycles. The fraction of sp³-hybridized carbons (Fsp3) is 0.600. The summed E-state index contributed by atoms with van der Waals surface area (Å²) in [5.41, 5.74) is 4.75. The molecule has 0 heterocycles. The predicted octanol–water partition coefficient (Wildman–Crippen LogP) is 4.49. The van der Waals surface area contributed by atoms with Crippen molar-refractivity contribution in [3.05, 3.63) is 35.3 Å². The summed E-state index contributed by atoms with van der Waals surface area (Å²) in [5, 5.41) is 0. The summed E-state index contributed by atoms with van der Waals surface area (Å²) in [6.07, 6.45) is 19.1. The van der Waals surface area contributed by atoms with Crippen LogP contribution in [0.4, 0.5) is 0 Å².